The highest BCUT2D eigenvalue weighted by Crippen LogP contribution is 2.50. The minimum absolute atomic E-state index is 0.248. The summed E-state index contributed by atoms with van der Waals surface area (Å²) in [6, 6.07) is 8.14. The Hall–Kier alpha value is -1.62. The molecule has 5 heteroatoms. The number of nitrogens with zero attached hydrogens (tertiary/aromatic N) is 2. The van der Waals surface area contributed by atoms with Crippen molar-refractivity contribution in [3.8, 4) is 0 Å². The van der Waals surface area contributed by atoms with Crippen LogP contribution in [0.5, 0.6) is 0 Å². The van der Waals surface area contributed by atoms with Crippen molar-refractivity contribution in [3.63, 3.8) is 0 Å². The van der Waals surface area contributed by atoms with Gasteiger partial charge in [-0.25, -0.2) is 4.98 Å². The molecule has 114 valence electrons. The first-order valence-electron chi connectivity index (χ1n) is 7.63. The normalized spacial score (nSPS) is 27.3. The largest absolute Gasteiger partial charge is 0.481 e. The molecule has 0 amide bonds. The summed E-state index contributed by atoms with van der Waals surface area (Å²) in [7, 11) is 0. The molecule has 2 atom stereocenters. The van der Waals surface area contributed by atoms with Crippen LogP contribution in [0.15, 0.2) is 34.9 Å². The van der Waals surface area contributed by atoms with Crippen molar-refractivity contribution in [3.05, 3.63) is 34.9 Å². The third-order valence-electron chi connectivity index (χ3n) is 5.30. The molecule has 0 radical (unpaired) electrons. The summed E-state index contributed by atoms with van der Waals surface area (Å²) in [6.07, 6.45) is 4.64. The second-order valence-electron chi connectivity index (χ2n) is 6.43. The van der Waals surface area contributed by atoms with Gasteiger partial charge in [-0.2, -0.15) is 0 Å². The number of halogens is 1. The van der Waals surface area contributed by atoms with E-state index in [1.807, 2.05) is 18.3 Å². The SMILES string of the molecule is O=C(O)[C@@]12CCC[C@H]1CN(c1nccc3cc(Br)ccc13)C2. The topological polar surface area (TPSA) is 53.4 Å². The van der Waals surface area contributed by atoms with Gasteiger partial charge >= 0.3 is 5.97 Å². The van der Waals surface area contributed by atoms with Crippen LogP contribution in [0.4, 0.5) is 5.82 Å². The van der Waals surface area contributed by atoms with E-state index in [1.54, 1.807) is 0 Å². The molecule has 0 unspecified atom stereocenters. The van der Waals surface area contributed by atoms with Crippen molar-refractivity contribution in [2.45, 2.75) is 19.3 Å². The first-order valence-corrected chi connectivity index (χ1v) is 8.42. The van der Waals surface area contributed by atoms with E-state index in [0.29, 0.717) is 6.54 Å². The van der Waals surface area contributed by atoms with E-state index < -0.39 is 11.4 Å². The maximum atomic E-state index is 11.8. The molecular formula is C17H17BrN2O2. The minimum Gasteiger partial charge on any atom is -0.481 e. The highest BCUT2D eigenvalue weighted by molar-refractivity contribution is 9.10. The Morgan fingerprint density at radius 2 is 2.27 bits per heavy atom. The molecule has 1 aliphatic carbocycles. The monoisotopic (exact) mass is 360 g/mol. The Labute approximate surface area is 137 Å². The number of rotatable bonds is 2. The number of carboxylic acid groups (broad SMARTS) is 1. The summed E-state index contributed by atoms with van der Waals surface area (Å²) in [6.45, 7) is 1.38. The molecule has 2 heterocycles. The van der Waals surface area contributed by atoms with E-state index in [1.165, 1.54) is 0 Å². The third kappa shape index (κ3) is 1.95. The fraction of sp³-hybridized carbons (Fsp3) is 0.412. The summed E-state index contributed by atoms with van der Waals surface area (Å²) in [5, 5.41) is 12.0. The lowest BCUT2D eigenvalue weighted by Gasteiger charge is -2.24. The van der Waals surface area contributed by atoms with Gasteiger partial charge in [0.2, 0.25) is 0 Å². The molecule has 1 aliphatic heterocycles. The predicted molar refractivity (Wildman–Crippen MR) is 89.1 cm³/mol. The maximum Gasteiger partial charge on any atom is 0.311 e. The van der Waals surface area contributed by atoms with Gasteiger partial charge in [-0.05, 0) is 48.4 Å². The van der Waals surface area contributed by atoms with Gasteiger partial charge in [-0.15, -0.1) is 0 Å². The summed E-state index contributed by atoms with van der Waals surface area (Å²) in [5.74, 6) is 0.526. The molecule has 0 spiro atoms. The third-order valence-corrected chi connectivity index (χ3v) is 5.79. The lowest BCUT2D eigenvalue weighted by molar-refractivity contribution is -0.149. The molecule has 1 saturated carbocycles. The van der Waals surface area contributed by atoms with Crippen LogP contribution >= 0.6 is 15.9 Å². The second kappa shape index (κ2) is 4.95. The van der Waals surface area contributed by atoms with Gasteiger partial charge in [-0.3, -0.25) is 4.79 Å². The van der Waals surface area contributed by atoms with Crippen LogP contribution in [0.1, 0.15) is 19.3 Å². The molecule has 22 heavy (non-hydrogen) atoms. The summed E-state index contributed by atoms with van der Waals surface area (Å²) < 4.78 is 1.04. The number of anilines is 1. The van der Waals surface area contributed by atoms with E-state index in [-0.39, 0.29) is 5.92 Å². The zero-order chi connectivity index (χ0) is 15.3. The van der Waals surface area contributed by atoms with Crippen LogP contribution < -0.4 is 4.90 Å². The Morgan fingerprint density at radius 3 is 3.05 bits per heavy atom. The van der Waals surface area contributed by atoms with Crippen LogP contribution in [-0.4, -0.2) is 29.1 Å². The number of fused-ring (bicyclic) bond motifs is 2. The van der Waals surface area contributed by atoms with Crippen LogP contribution in [-0.2, 0) is 4.79 Å². The van der Waals surface area contributed by atoms with Gasteiger partial charge in [0, 0.05) is 29.1 Å². The van der Waals surface area contributed by atoms with Crippen molar-refractivity contribution in [1.29, 1.82) is 0 Å². The molecule has 2 aromatic rings. The Morgan fingerprint density at radius 1 is 1.41 bits per heavy atom. The number of carboxylic acids is 1. The van der Waals surface area contributed by atoms with E-state index in [2.05, 4.69) is 37.9 Å². The zero-order valence-electron chi connectivity index (χ0n) is 12.1. The fourth-order valence-corrected chi connectivity index (χ4v) is 4.56. The van der Waals surface area contributed by atoms with Crippen LogP contribution in [0.2, 0.25) is 0 Å². The summed E-state index contributed by atoms with van der Waals surface area (Å²) in [4.78, 5) is 18.6. The van der Waals surface area contributed by atoms with E-state index in [0.717, 1.165) is 46.9 Å². The van der Waals surface area contributed by atoms with Crippen LogP contribution in [0, 0.1) is 11.3 Å². The molecular weight excluding hydrogens is 344 g/mol. The van der Waals surface area contributed by atoms with Gasteiger partial charge in [0.25, 0.3) is 0 Å². The van der Waals surface area contributed by atoms with E-state index in [9.17, 15) is 9.90 Å². The smallest absolute Gasteiger partial charge is 0.311 e. The van der Waals surface area contributed by atoms with Gasteiger partial charge in [-0.1, -0.05) is 22.4 Å². The highest BCUT2D eigenvalue weighted by atomic mass is 79.9. The van der Waals surface area contributed by atoms with E-state index in [4.69, 9.17) is 0 Å². The lowest BCUT2D eigenvalue weighted by Crippen LogP contribution is -2.35. The summed E-state index contributed by atoms with van der Waals surface area (Å²) in [5.41, 5.74) is -0.570. The number of hydrogen-bond donors (Lipinski definition) is 1. The first-order chi connectivity index (χ1) is 10.6. The minimum atomic E-state index is -0.638. The molecule has 1 N–H and O–H groups in total. The number of hydrogen-bond acceptors (Lipinski definition) is 3. The average Bonchev–Trinajstić information content (AvgIpc) is 3.04. The fourth-order valence-electron chi connectivity index (χ4n) is 4.19. The molecule has 4 rings (SSSR count). The number of aromatic nitrogens is 1. The Kier molecular flexibility index (Phi) is 3.15. The van der Waals surface area contributed by atoms with Gasteiger partial charge in [0.1, 0.15) is 5.82 Å². The van der Waals surface area contributed by atoms with Gasteiger partial charge < -0.3 is 10.0 Å². The van der Waals surface area contributed by atoms with Gasteiger partial charge in [0.05, 0.1) is 5.41 Å². The Bertz CT molecular complexity index is 763. The van der Waals surface area contributed by atoms with Crippen molar-refractivity contribution in [1.82, 2.24) is 4.98 Å². The number of carbonyl (C=O) groups is 1. The van der Waals surface area contributed by atoms with E-state index >= 15 is 0 Å². The molecule has 1 saturated heterocycles. The molecule has 2 aliphatic rings. The number of pyridine rings is 1. The number of aliphatic carboxylic acids is 1. The molecule has 1 aromatic heterocycles. The first kappa shape index (κ1) is 14.0. The van der Waals surface area contributed by atoms with Crippen LogP contribution in [0.3, 0.4) is 0 Å². The van der Waals surface area contributed by atoms with Crippen molar-refractivity contribution < 1.29 is 9.90 Å². The predicted octanol–water partition coefficient (Wildman–Crippen LogP) is 3.69. The second-order valence-corrected chi connectivity index (χ2v) is 7.35. The number of benzene rings is 1. The van der Waals surface area contributed by atoms with Crippen molar-refractivity contribution in [2.24, 2.45) is 11.3 Å². The molecule has 1 aromatic carbocycles. The molecule has 4 nitrogen and oxygen atoms in total. The standard InChI is InChI=1S/C17H17BrN2O2/c18-13-3-4-14-11(8-13)5-7-19-15(14)20-9-12-2-1-6-17(12,10-20)16(21)22/h3-5,7-8,12H,1-2,6,9-10H2,(H,21,22)/t12-,17+/m0/s1. The lowest BCUT2D eigenvalue weighted by atomic mass is 9.81. The van der Waals surface area contributed by atoms with Crippen molar-refractivity contribution in [2.75, 3.05) is 18.0 Å². The van der Waals surface area contributed by atoms with Crippen molar-refractivity contribution >= 4 is 38.5 Å². The quantitative estimate of drug-likeness (QED) is 0.887. The molecule has 0 bridgehead atoms. The van der Waals surface area contributed by atoms with Gasteiger partial charge in [0.15, 0.2) is 0 Å². The zero-order valence-corrected chi connectivity index (χ0v) is 13.7. The Balaban J connectivity index is 1.77. The average molecular weight is 361 g/mol. The molecule has 2 fully saturated rings. The maximum absolute atomic E-state index is 11.8. The summed E-state index contributed by atoms with van der Waals surface area (Å²) >= 11 is 3.50. The highest BCUT2D eigenvalue weighted by Gasteiger charge is 2.55. The van der Waals surface area contributed by atoms with Crippen LogP contribution in [0.25, 0.3) is 10.8 Å².